The molecule has 6 nitrogen and oxygen atoms in total. The maximum atomic E-state index is 12.5. The van der Waals surface area contributed by atoms with Crippen molar-refractivity contribution in [1.29, 1.82) is 0 Å². The first-order valence-corrected chi connectivity index (χ1v) is 7.86. The number of nitrogens with zero attached hydrogens (tertiary/aromatic N) is 1. The van der Waals surface area contributed by atoms with Gasteiger partial charge in [0.25, 0.3) is 10.0 Å². The van der Waals surface area contributed by atoms with Crippen LogP contribution in [0.3, 0.4) is 0 Å². The first-order valence-electron chi connectivity index (χ1n) is 5.54. The third-order valence-corrected chi connectivity index (χ3v) is 5.62. The topological polar surface area (TPSA) is 89.7 Å². The number of alkyl halides is 3. The Morgan fingerprint density at radius 1 is 1.48 bits per heavy atom. The second kappa shape index (κ2) is 6.62. The summed E-state index contributed by atoms with van der Waals surface area (Å²) in [5.74, 6) is -0.803. The molecule has 0 amide bonds. The minimum absolute atomic E-state index is 0.138. The first kappa shape index (κ1) is 17.7. The molecule has 2 N–H and O–H groups in total. The van der Waals surface area contributed by atoms with E-state index in [1.54, 1.807) is 0 Å². The first-order chi connectivity index (χ1) is 9.56. The standard InChI is InChI=1S/C10H13F3N2O4S2/c1-19-8(16)2-3-15(6-10(11,12)13)21(17,18)9-4-7(14)5-20-9/h4-5H,2-3,6,14H2,1H3. The number of anilines is 1. The van der Waals surface area contributed by atoms with E-state index in [-0.39, 0.29) is 14.2 Å². The number of thiophene rings is 1. The fourth-order valence-corrected chi connectivity index (χ4v) is 4.05. The van der Waals surface area contributed by atoms with E-state index >= 15 is 0 Å². The molecule has 0 atom stereocenters. The predicted octanol–water partition coefficient (Wildman–Crippen LogP) is 1.45. The van der Waals surface area contributed by atoms with Gasteiger partial charge in [-0.15, -0.1) is 11.3 Å². The highest BCUT2D eigenvalue weighted by Crippen LogP contribution is 2.28. The number of halogens is 3. The Balaban J connectivity index is 3.01. The van der Waals surface area contributed by atoms with Crippen LogP contribution in [0.2, 0.25) is 0 Å². The van der Waals surface area contributed by atoms with Crippen LogP contribution in [0.1, 0.15) is 6.42 Å². The van der Waals surface area contributed by atoms with E-state index < -0.39 is 41.7 Å². The van der Waals surface area contributed by atoms with Crippen LogP contribution in [0.25, 0.3) is 0 Å². The second-order valence-corrected chi connectivity index (χ2v) is 7.05. The third-order valence-electron chi connectivity index (χ3n) is 2.34. The lowest BCUT2D eigenvalue weighted by Gasteiger charge is -2.22. The quantitative estimate of drug-likeness (QED) is 0.788. The van der Waals surface area contributed by atoms with E-state index in [2.05, 4.69) is 4.74 Å². The average Bonchev–Trinajstić information content (AvgIpc) is 2.79. The zero-order valence-corrected chi connectivity index (χ0v) is 12.5. The fraction of sp³-hybridized carbons (Fsp3) is 0.500. The molecule has 1 heterocycles. The molecular formula is C10H13F3N2O4S2. The minimum atomic E-state index is -4.73. The summed E-state index contributed by atoms with van der Waals surface area (Å²) < 4.78 is 66.0. The molecule has 0 radical (unpaired) electrons. The van der Waals surface area contributed by atoms with E-state index in [4.69, 9.17) is 5.73 Å². The molecule has 0 aromatic carbocycles. The average molecular weight is 346 g/mol. The SMILES string of the molecule is COC(=O)CCN(CC(F)(F)F)S(=O)(=O)c1cc(N)cs1. The molecule has 0 saturated heterocycles. The predicted molar refractivity (Wildman–Crippen MR) is 70.2 cm³/mol. The largest absolute Gasteiger partial charge is 0.469 e. The summed E-state index contributed by atoms with van der Waals surface area (Å²) in [5.41, 5.74) is 5.52. The highest BCUT2D eigenvalue weighted by atomic mass is 32.2. The van der Waals surface area contributed by atoms with Crippen LogP contribution >= 0.6 is 11.3 Å². The third kappa shape index (κ3) is 5.17. The summed E-state index contributed by atoms with van der Waals surface area (Å²) in [6.07, 6.45) is -5.21. The van der Waals surface area contributed by atoms with Crippen molar-refractivity contribution in [2.45, 2.75) is 16.8 Å². The van der Waals surface area contributed by atoms with E-state index in [0.717, 1.165) is 13.2 Å². The molecule has 0 aliphatic carbocycles. The maximum Gasteiger partial charge on any atom is 0.402 e. The number of rotatable bonds is 6. The molecule has 1 aromatic rings. The number of carbonyl (C=O) groups is 1. The summed E-state index contributed by atoms with van der Waals surface area (Å²) in [4.78, 5) is 11.0. The number of carbonyl (C=O) groups excluding carboxylic acids is 1. The number of sulfonamides is 1. The summed E-state index contributed by atoms with van der Waals surface area (Å²) in [5, 5.41) is 1.30. The number of esters is 1. The van der Waals surface area contributed by atoms with Crippen molar-refractivity contribution in [2.75, 3.05) is 25.9 Å². The van der Waals surface area contributed by atoms with Crippen molar-refractivity contribution in [2.24, 2.45) is 0 Å². The lowest BCUT2D eigenvalue weighted by molar-refractivity contribution is -0.144. The van der Waals surface area contributed by atoms with Gasteiger partial charge in [0.15, 0.2) is 0 Å². The highest BCUT2D eigenvalue weighted by Gasteiger charge is 2.37. The van der Waals surface area contributed by atoms with Crippen LogP contribution in [0, 0.1) is 0 Å². The lowest BCUT2D eigenvalue weighted by Crippen LogP contribution is -2.40. The molecular weight excluding hydrogens is 333 g/mol. The zero-order chi connectivity index (χ0) is 16.3. The van der Waals surface area contributed by atoms with Gasteiger partial charge in [0.05, 0.1) is 13.5 Å². The molecule has 21 heavy (non-hydrogen) atoms. The monoisotopic (exact) mass is 346 g/mol. The molecule has 0 spiro atoms. The molecule has 1 rings (SSSR count). The maximum absolute atomic E-state index is 12.5. The van der Waals surface area contributed by atoms with Crippen molar-refractivity contribution in [3.05, 3.63) is 11.4 Å². The highest BCUT2D eigenvalue weighted by molar-refractivity contribution is 7.91. The van der Waals surface area contributed by atoms with Gasteiger partial charge in [-0.05, 0) is 6.07 Å². The molecule has 120 valence electrons. The van der Waals surface area contributed by atoms with Crippen LogP contribution < -0.4 is 5.73 Å². The molecule has 11 heteroatoms. The Bertz CT molecular complexity index is 598. The Kier molecular flexibility index (Phi) is 5.59. The normalized spacial score (nSPS) is 12.6. The van der Waals surface area contributed by atoms with Crippen molar-refractivity contribution in [1.82, 2.24) is 4.31 Å². The Hall–Kier alpha value is -1.33. The number of ether oxygens (including phenoxy) is 1. The lowest BCUT2D eigenvalue weighted by atomic mass is 10.4. The molecule has 0 saturated carbocycles. The Labute approximate surface area is 123 Å². The Morgan fingerprint density at radius 3 is 2.52 bits per heavy atom. The van der Waals surface area contributed by atoms with Gasteiger partial charge < -0.3 is 10.5 Å². The fourth-order valence-electron chi connectivity index (χ4n) is 1.39. The smallest absolute Gasteiger partial charge is 0.402 e. The van der Waals surface area contributed by atoms with E-state index in [1.165, 1.54) is 5.38 Å². The summed E-state index contributed by atoms with van der Waals surface area (Å²) in [6.45, 7) is -2.32. The summed E-state index contributed by atoms with van der Waals surface area (Å²) in [7, 11) is -3.31. The van der Waals surface area contributed by atoms with Gasteiger partial charge in [0, 0.05) is 17.6 Å². The molecule has 0 unspecified atom stereocenters. The van der Waals surface area contributed by atoms with Gasteiger partial charge in [-0.3, -0.25) is 4.79 Å². The van der Waals surface area contributed by atoms with Gasteiger partial charge in [0.1, 0.15) is 10.8 Å². The van der Waals surface area contributed by atoms with E-state index in [0.29, 0.717) is 11.3 Å². The van der Waals surface area contributed by atoms with Gasteiger partial charge in [-0.25, -0.2) is 8.42 Å². The van der Waals surface area contributed by atoms with Gasteiger partial charge in [-0.1, -0.05) is 0 Å². The summed E-state index contributed by atoms with van der Waals surface area (Å²) >= 11 is 0.713. The van der Waals surface area contributed by atoms with E-state index in [1.807, 2.05) is 0 Å². The Morgan fingerprint density at radius 2 is 2.10 bits per heavy atom. The van der Waals surface area contributed by atoms with E-state index in [9.17, 15) is 26.4 Å². The van der Waals surface area contributed by atoms with Crippen molar-refractivity contribution in [3.8, 4) is 0 Å². The number of methoxy groups -OCH3 is 1. The van der Waals surface area contributed by atoms with Crippen molar-refractivity contribution < 1.29 is 31.1 Å². The van der Waals surface area contributed by atoms with Crippen LogP contribution in [0.4, 0.5) is 18.9 Å². The number of nitrogens with two attached hydrogens (primary N) is 1. The van der Waals surface area contributed by atoms with Crippen LogP contribution in [0.5, 0.6) is 0 Å². The van der Waals surface area contributed by atoms with Crippen molar-refractivity contribution >= 4 is 33.0 Å². The van der Waals surface area contributed by atoms with Crippen molar-refractivity contribution in [3.63, 3.8) is 0 Å². The van der Waals surface area contributed by atoms with Gasteiger partial charge >= 0.3 is 12.1 Å². The molecule has 0 aliphatic rings. The molecule has 0 fully saturated rings. The minimum Gasteiger partial charge on any atom is -0.469 e. The second-order valence-electron chi connectivity index (χ2n) is 3.98. The number of hydrogen-bond donors (Lipinski definition) is 1. The van der Waals surface area contributed by atoms with Gasteiger partial charge in [0.2, 0.25) is 0 Å². The summed E-state index contributed by atoms with van der Waals surface area (Å²) in [6, 6.07) is 1.07. The zero-order valence-electron chi connectivity index (χ0n) is 10.9. The molecule has 1 aromatic heterocycles. The molecule has 0 aliphatic heterocycles. The van der Waals surface area contributed by atoms with Gasteiger partial charge in [-0.2, -0.15) is 17.5 Å². The van der Waals surface area contributed by atoms with Crippen LogP contribution in [0.15, 0.2) is 15.7 Å². The number of nitrogen functional groups attached to an aromatic ring is 1. The number of hydrogen-bond acceptors (Lipinski definition) is 6. The molecule has 0 bridgehead atoms. The van der Waals surface area contributed by atoms with Crippen LogP contribution in [-0.2, 0) is 19.6 Å². The van der Waals surface area contributed by atoms with Crippen LogP contribution in [-0.4, -0.2) is 45.1 Å².